The number of ether oxygens (including phenoxy) is 3. The highest BCUT2D eigenvalue weighted by atomic mass is 16.6. The number of fused-ring (bicyclic) bond motifs is 2. The van der Waals surface area contributed by atoms with Crippen LogP contribution in [0.3, 0.4) is 0 Å². The summed E-state index contributed by atoms with van der Waals surface area (Å²) in [7, 11) is 0. The third-order valence-electron chi connectivity index (χ3n) is 5.86. The maximum absolute atomic E-state index is 12.6. The molecule has 9 nitrogen and oxygen atoms in total. The predicted molar refractivity (Wildman–Crippen MR) is 124 cm³/mol. The Morgan fingerprint density at radius 2 is 1.74 bits per heavy atom. The van der Waals surface area contributed by atoms with E-state index in [0.29, 0.717) is 16.9 Å². The second kappa shape index (κ2) is 9.39. The van der Waals surface area contributed by atoms with Crippen molar-refractivity contribution in [3.05, 3.63) is 72.3 Å². The number of hydrogen-bond acceptors (Lipinski definition) is 6. The van der Waals surface area contributed by atoms with Gasteiger partial charge in [0.1, 0.15) is 12.2 Å². The second-order valence-corrected chi connectivity index (χ2v) is 8.09. The number of carbonyl (C=O) groups is 2. The molecule has 3 aromatic rings. The maximum atomic E-state index is 12.6. The van der Waals surface area contributed by atoms with E-state index in [9.17, 15) is 9.59 Å². The third-order valence-corrected chi connectivity index (χ3v) is 5.86. The average Bonchev–Trinajstić information content (AvgIpc) is 3.42. The van der Waals surface area contributed by atoms with Gasteiger partial charge in [-0.25, -0.2) is 9.59 Å². The van der Waals surface area contributed by atoms with Crippen molar-refractivity contribution in [2.24, 2.45) is 0 Å². The molecule has 2 aliphatic rings. The van der Waals surface area contributed by atoms with E-state index in [1.54, 1.807) is 24.3 Å². The van der Waals surface area contributed by atoms with Gasteiger partial charge in [0.05, 0.1) is 36.6 Å². The fraction of sp³-hybridized carbons (Fsp3) is 0.240. The molecule has 4 atom stereocenters. The van der Waals surface area contributed by atoms with E-state index in [2.05, 4.69) is 16.0 Å². The van der Waals surface area contributed by atoms with Crippen molar-refractivity contribution < 1.29 is 23.8 Å². The largest absolute Gasteiger partial charge is 0.441 e. The smallest absolute Gasteiger partial charge is 0.412 e. The Balaban J connectivity index is 1.16. The van der Waals surface area contributed by atoms with Gasteiger partial charge in [-0.2, -0.15) is 5.26 Å². The number of anilines is 2. The summed E-state index contributed by atoms with van der Waals surface area (Å²) in [5.74, 6) is 0. The minimum atomic E-state index is -0.597. The number of urea groups is 1. The van der Waals surface area contributed by atoms with Gasteiger partial charge in [-0.1, -0.05) is 42.5 Å². The predicted octanol–water partition coefficient (Wildman–Crippen LogP) is 3.62. The van der Waals surface area contributed by atoms with Crippen LogP contribution < -0.4 is 16.0 Å². The molecule has 0 aliphatic carbocycles. The van der Waals surface area contributed by atoms with Crippen LogP contribution >= 0.6 is 0 Å². The minimum Gasteiger partial charge on any atom is -0.441 e. The van der Waals surface area contributed by atoms with Gasteiger partial charge >= 0.3 is 12.1 Å². The topological polar surface area (TPSA) is 122 Å². The number of nitrogens with zero attached hydrogens (tertiary/aromatic N) is 1. The van der Waals surface area contributed by atoms with E-state index in [1.807, 2.05) is 48.5 Å². The van der Waals surface area contributed by atoms with Crippen molar-refractivity contribution in [1.29, 1.82) is 5.26 Å². The van der Waals surface area contributed by atoms with Crippen LogP contribution in [0.1, 0.15) is 5.56 Å². The lowest BCUT2D eigenvalue weighted by Crippen LogP contribution is -2.46. The first-order chi connectivity index (χ1) is 16.6. The Morgan fingerprint density at radius 1 is 0.941 bits per heavy atom. The molecule has 0 bridgehead atoms. The lowest BCUT2D eigenvalue weighted by Gasteiger charge is -2.18. The molecule has 0 spiro atoms. The number of nitrogens with one attached hydrogen (secondary N) is 3. The molecule has 3 N–H and O–H groups in total. The fourth-order valence-electron chi connectivity index (χ4n) is 4.30. The third kappa shape index (κ3) is 4.50. The highest BCUT2D eigenvalue weighted by molar-refractivity contribution is 6.00. The Kier molecular flexibility index (Phi) is 5.99. The van der Waals surface area contributed by atoms with Crippen molar-refractivity contribution in [1.82, 2.24) is 5.32 Å². The minimum absolute atomic E-state index is 0.169. The van der Waals surface area contributed by atoms with Crippen LogP contribution in [0.4, 0.5) is 21.0 Å². The number of hydrogen-bond donors (Lipinski definition) is 3. The summed E-state index contributed by atoms with van der Waals surface area (Å²) in [6.45, 7) is 0.397. The normalized spacial score (nSPS) is 23.0. The molecule has 9 heteroatoms. The number of rotatable bonds is 4. The van der Waals surface area contributed by atoms with E-state index in [0.717, 1.165) is 10.8 Å². The average molecular weight is 458 g/mol. The van der Waals surface area contributed by atoms with Gasteiger partial charge in [-0.15, -0.1) is 0 Å². The zero-order chi connectivity index (χ0) is 23.5. The van der Waals surface area contributed by atoms with Crippen LogP contribution in [0.2, 0.25) is 0 Å². The molecule has 2 fully saturated rings. The number of benzene rings is 3. The molecule has 0 saturated carbocycles. The second-order valence-electron chi connectivity index (χ2n) is 8.09. The van der Waals surface area contributed by atoms with Crippen molar-refractivity contribution in [2.45, 2.75) is 24.4 Å². The van der Waals surface area contributed by atoms with Gasteiger partial charge in [0.25, 0.3) is 0 Å². The summed E-state index contributed by atoms with van der Waals surface area (Å²) < 4.78 is 17.2. The number of carbonyl (C=O) groups excluding carboxylic acids is 2. The zero-order valence-electron chi connectivity index (χ0n) is 18.1. The van der Waals surface area contributed by atoms with Gasteiger partial charge in [0.15, 0.2) is 6.10 Å². The van der Waals surface area contributed by atoms with Gasteiger partial charge in [-0.05, 0) is 29.7 Å². The molecule has 2 heterocycles. The van der Waals surface area contributed by atoms with Crippen molar-refractivity contribution in [3.8, 4) is 6.07 Å². The van der Waals surface area contributed by atoms with E-state index >= 15 is 0 Å². The van der Waals surface area contributed by atoms with Gasteiger partial charge < -0.3 is 24.8 Å². The Hall–Kier alpha value is -4.13. The lowest BCUT2D eigenvalue weighted by atomic mass is 10.1. The Morgan fingerprint density at radius 3 is 2.62 bits per heavy atom. The molecule has 34 heavy (non-hydrogen) atoms. The van der Waals surface area contributed by atoms with Crippen LogP contribution in [-0.4, -0.2) is 49.7 Å². The van der Waals surface area contributed by atoms with E-state index < -0.39 is 36.5 Å². The van der Waals surface area contributed by atoms with Crippen molar-refractivity contribution >= 4 is 34.3 Å². The fourth-order valence-corrected chi connectivity index (χ4v) is 4.30. The van der Waals surface area contributed by atoms with Gasteiger partial charge in [0.2, 0.25) is 0 Å². The molecule has 2 saturated heterocycles. The van der Waals surface area contributed by atoms with Crippen LogP contribution in [0.25, 0.3) is 10.8 Å². The molecule has 0 radical (unpaired) electrons. The molecule has 3 amide bonds. The standard InChI is InChI=1S/C25H22N4O5/c26-12-15-5-3-8-17(11-15)27-24(30)28-20-13-32-23-21(14-33-22(20)23)34-25(31)29-19-10-4-7-16-6-1-2-9-18(16)19/h1-11,20-23H,13-14H2,(H,29,31)(H2,27,28,30). The first-order valence-electron chi connectivity index (χ1n) is 10.9. The zero-order valence-corrected chi connectivity index (χ0v) is 18.1. The Labute approximate surface area is 195 Å². The molecule has 172 valence electrons. The van der Waals surface area contributed by atoms with E-state index in [-0.39, 0.29) is 13.2 Å². The summed E-state index contributed by atoms with van der Waals surface area (Å²) in [6, 6.07) is 21.2. The van der Waals surface area contributed by atoms with E-state index in [1.165, 1.54) is 0 Å². The summed E-state index contributed by atoms with van der Waals surface area (Å²) in [6.07, 6.45) is -2.11. The number of nitriles is 1. The van der Waals surface area contributed by atoms with E-state index in [4.69, 9.17) is 19.5 Å². The summed E-state index contributed by atoms with van der Waals surface area (Å²) in [4.78, 5) is 25.0. The maximum Gasteiger partial charge on any atom is 0.412 e. The molecule has 5 rings (SSSR count). The molecule has 3 aromatic carbocycles. The van der Waals surface area contributed by atoms with Crippen LogP contribution in [0, 0.1) is 11.3 Å². The van der Waals surface area contributed by atoms with Gasteiger partial charge in [0, 0.05) is 11.1 Å². The molecule has 4 unspecified atom stereocenters. The van der Waals surface area contributed by atoms with Gasteiger partial charge in [-0.3, -0.25) is 5.32 Å². The number of amides is 3. The monoisotopic (exact) mass is 458 g/mol. The van der Waals surface area contributed by atoms with Crippen LogP contribution in [-0.2, 0) is 14.2 Å². The molecule has 0 aromatic heterocycles. The first kappa shape index (κ1) is 21.7. The SMILES string of the molecule is N#Cc1cccc(NC(=O)NC2COC3C(OC(=O)Nc4cccc5ccccc45)COC23)c1. The lowest BCUT2D eigenvalue weighted by molar-refractivity contribution is 0.00874. The highest BCUT2D eigenvalue weighted by Crippen LogP contribution is 2.30. The highest BCUT2D eigenvalue weighted by Gasteiger charge is 2.50. The molecule has 2 aliphatic heterocycles. The summed E-state index contributed by atoms with van der Waals surface area (Å²) in [5, 5.41) is 19.2. The van der Waals surface area contributed by atoms with Crippen molar-refractivity contribution in [2.75, 3.05) is 23.8 Å². The Bertz CT molecular complexity index is 1270. The van der Waals surface area contributed by atoms with Crippen LogP contribution in [0.5, 0.6) is 0 Å². The van der Waals surface area contributed by atoms with Crippen LogP contribution in [0.15, 0.2) is 66.7 Å². The molecular weight excluding hydrogens is 436 g/mol. The quantitative estimate of drug-likeness (QED) is 0.549. The summed E-state index contributed by atoms with van der Waals surface area (Å²) in [5.41, 5.74) is 1.61. The molecular formula is C25H22N4O5. The summed E-state index contributed by atoms with van der Waals surface area (Å²) >= 11 is 0. The first-order valence-corrected chi connectivity index (χ1v) is 10.9. The van der Waals surface area contributed by atoms with Crippen molar-refractivity contribution in [3.63, 3.8) is 0 Å².